The summed E-state index contributed by atoms with van der Waals surface area (Å²) in [6.07, 6.45) is 15.1. The first-order valence-corrected chi connectivity index (χ1v) is 36.2. The number of azide groups is 1. The fourth-order valence-corrected chi connectivity index (χ4v) is 12.9. The molecule has 21 nitrogen and oxygen atoms in total. The number of epoxide rings is 1. The Bertz CT molecular complexity index is 2080. The fourth-order valence-electron chi connectivity index (χ4n) is 10.0. The number of alkyl carbamates (subject to hydrolysis) is 1. The molecule has 7 aliphatic rings. The monoisotopic (exact) mass is 1190 g/mol. The number of benzene rings is 1. The molecular weight excluding hydrogens is 1090 g/mol. The molecule has 468 valence electrons. The zero-order valence-electron chi connectivity index (χ0n) is 51.6. The molecule has 4 saturated carbocycles. The number of cyclic esters (lactones) is 2. The third-order valence-corrected chi connectivity index (χ3v) is 26.4. The van der Waals surface area contributed by atoms with Gasteiger partial charge in [0.1, 0.15) is 31.5 Å². The highest BCUT2D eigenvalue weighted by atomic mass is 28.4. The second kappa shape index (κ2) is 34.2. The summed E-state index contributed by atoms with van der Waals surface area (Å²) in [6.45, 7) is 27.4. The van der Waals surface area contributed by atoms with Crippen LogP contribution in [0.4, 0.5) is 14.4 Å². The molecule has 0 aromatic heterocycles. The van der Waals surface area contributed by atoms with E-state index in [0.717, 1.165) is 121 Å². The number of hydrogen-bond donors (Lipinski definition) is 5. The average molecular weight is 1190 g/mol. The molecule has 8 rings (SSSR count). The van der Waals surface area contributed by atoms with E-state index in [1.54, 1.807) is 9.80 Å². The van der Waals surface area contributed by atoms with Gasteiger partial charge in [0.25, 0.3) is 0 Å². The SMILES string of the molecule is CC(C)(C)[Si](C)(C)OC1CCC(N2C[C@H](CO)OC2=O)CC1.CC(C)(C)[Si](C)(C)OC1CCC(NC(=O)OCc2ccccc2)CC1.CCCC(=O)OC[C@H]1CO1.NC1CCC(O)CC1.[N-]=[N+]=NC[C@H]1CN(C2CCC(O)CC2)C(=O)O1. The lowest BCUT2D eigenvalue weighted by Crippen LogP contribution is -2.46. The van der Waals surface area contributed by atoms with E-state index >= 15 is 0 Å². The molecule has 3 atom stereocenters. The number of nitrogens with one attached hydrogen (secondary N) is 1. The summed E-state index contributed by atoms with van der Waals surface area (Å²) in [5.41, 5.74) is 14.8. The van der Waals surface area contributed by atoms with E-state index in [1.165, 1.54) is 0 Å². The van der Waals surface area contributed by atoms with Crippen LogP contribution in [-0.4, -0.2) is 172 Å². The van der Waals surface area contributed by atoms with Gasteiger partial charge in [0, 0.05) is 47.7 Å². The molecule has 4 aliphatic carbocycles. The number of hydrogen-bond acceptors (Lipinski definition) is 16. The Labute approximate surface area is 491 Å². The zero-order chi connectivity index (χ0) is 60.7. The first kappa shape index (κ1) is 70.5. The highest BCUT2D eigenvalue weighted by Crippen LogP contribution is 2.41. The number of aliphatic hydroxyl groups is 3. The van der Waals surface area contributed by atoms with E-state index in [9.17, 15) is 24.3 Å². The van der Waals surface area contributed by atoms with Crippen LogP contribution in [0.1, 0.15) is 170 Å². The number of esters is 1. The Morgan fingerprint density at radius 1 is 0.720 bits per heavy atom. The maximum atomic E-state index is 12.0. The van der Waals surface area contributed by atoms with Crippen molar-refractivity contribution in [2.75, 3.05) is 39.5 Å². The molecule has 1 aromatic carbocycles. The van der Waals surface area contributed by atoms with Gasteiger partial charge in [0.2, 0.25) is 0 Å². The highest BCUT2D eigenvalue weighted by molar-refractivity contribution is 6.74. The number of nitrogens with two attached hydrogens (primary N) is 1. The molecule has 82 heavy (non-hydrogen) atoms. The summed E-state index contributed by atoms with van der Waals surface area (Å²) >= 11 is 0. The summed E-state index contributed by atoms with van der Waals surface area (Å²) < 4.78 is 38.3. The first-order valence-electron chi connectivity index (χ1n) is 30.4. The lowest BCUT2D eigenvalue weighted by Gasteiger charge is -2.42. The van der Waals surface area contributed by atoms with Crippen LogP contribution in [0.25, 0.3) is 10.4 Å². The molecule has 3 saturated heterocycles. The normalized spacial score (nSPS) is 28.3. The van der Waals surface area contributed by atoms with Crippen molar-refractivity contribution in [1.29, 1.82) is 0 Å². The maximum Gasteiger partial charge on any atom is 0.410 e. The second-order valence-electron chi connectivity index (χ2n) is 26.2. The molecule has 0 bridgehead atoms. The Hall–Kier alpha value is -4.04. The summed E-state index contributed by atoms with van der Waals surface area (Å²) in [4.78, 5) is 52.3. The molecule has 3 amide bonds. The smallest absolute Gasteiger partial charge is 0.410 e. The summed E-state index contributed by atoms with van der Waals surface area (Å²) in [6, 6.07) is 10.7. The highest BCUT2D eigenvalue weighted by Gasteiger charge is 2.43. The van der Waals surface area contributed by atoms with Gasteiger partial charge in [-0.2, -0.15) is 0 Å². The first-order chi connectivity index (χ1) is 38.6. The van der Waals surface area contributed by atoms with E-state index in [0.29, 0.717) is 51.0 Å². The predicted octanol–water partition coefficient (Wildman–Crippen LogP) is 10.8. The van der Waals surface area contributed by atoms with Crippen LogP contribution in [0.15, 0.2) is 35.4 Å². The third-order valence-electron chi connectivity index (χ3n) is 17.3. The summed E-state index contributed by atoms with van der Waals surface area (Å²) in [7, 11) is -3.42. The molecule has 3 aliphatic heterocycles. The average Bonchev–Trinajstić information content (AvgIpc) is 4.17. The van der Waals surface area contributed by atoms with Gasteiger partial charge in [-0.3, -0.25) is 4.79 Å². The summed E-state index contributed by atoms with van der Waals surface area (Å²) in [5, 5.41) is 34.4. The van der Waals surface area contributed by atoms with Crippen LogP contribution in [0.5, 0.6) is 0 Å². The number of carbonyl (C=O) groups excluding carboxylic acids is 4. The minimum atomic E-state index is -1.71. The van der Waals surface area contributed by atoms with Gasteiger partial charge in [0.05, 0.1) is 45.1 Å². The van der Waals surface area contributed by atoms with Crippen LogP contribution >= 0.6 is 0 Å². The zero-order valence-corrected chi connectivity index (χ0v) is 53.6. The van der Waals surface area contributed by atoms with Gasteiger partial charge in [0.15, 0.2) is 16.6 Å². The van der Waals surface area contributed by atoms with Crippen LogP contribution in [0, 0.1) is 0 Å². The Morgan fingerprint density at radius 2 is 1.18 bits per heavy atom. The molecule has 1 aromatic rings. The van der Waals surface area contributed by atoms with Gasteiger partial charge in [-0.25, -0.2) is 14.4 Å². The largest absolute Gasteiger partial charge is 0.463 e. The maximum absolute atomic E-state index is 12.0. The van der Waals surface area contributed by atoms with Crippen molar-refractivity contribution in [2.45, 2.75) is 274 Å². The predicted molar refractivity (Wildman–Crippen MR) is 320 cm³/mol. The number of nitrogens with zero attached hydrogens (tertiary/aromatic N) is 5. The number of aliphatic hydroxyl groups excluding tert-OH is 3. The van der Waals surface area contributed by atoms with Crippen LogP contribution < -0.4 is 11.1 Å². The van der Waals surface area contributed by atoms with Gasteiger partial charge in [-0.1, -0.05) is 83.9 Å². The van der Waals surface area contributed by atoms with E-state index in [-0.39, 0.29) is 96.1 Å². The quantitative estimate of drug-likeness (QED) is 0.0196. The second-order valence-corrected chi connectivity index (χ2v) is 35.7. The minimum Gasteiger partial charge on any atom is -0.463 e. The van der Waals surface area contributed by atoms with E-state index in [4.69, 9.17) is 54.0 Å². The van der Waals surface area contributed by atoms with Crippen molar-refractivity contribution in [1.82, 2.24) is 15.1 Å². The number of ether oxygens (including phenoxy) is 5. The third kappa shape index (κ3) is 25.3. The number of rotatable bonds is 16. The molecule has 3 heterocycles. The van der Waals surface area contributed by atoms with E-state index in [2.05, 4.69) is 83.1 Å². The van der Waals surface area contributed by atoms with Gasteiger partial charge >= 0.3 is 24.2 Å². The minimum absolute atomic E-state index is 0.0604. The Balaban J connectivity index is 0.000000232. The molecule has 0 spiro atoms. The summed E-state index contributed by atoms with van der Waals surface area (Å²) in [5.74, 6) is -0.113. The van der Waals surface area contributed by atoms with Crippen molar-refractivity contribution in [3.05, 3.63) is 46.3 Å². The van der Waals surface area contributed by atoms with Crippen LogP contribution in [-0.2, 0) is 43.9 Å². The van der Waals surface area contributed by atoms with Gasteiger partial charge in [-0.15, -0.1) is 0 Å². The fraction of sp³-hybridized carbons (Fsp3) is 0.831. The van der Waals surface area contributed by atoms with Gasteiger partial charge < -0.3 is 68.7 Å². The van der Waals surface area contributed by atoms with Crippen molar-refractivity contribution >= 4 is 40.9 Å². The topological polar surface area (TPSA) is 290 Å². The molecule has 7 fully saturated rings. The van der Waals surface area contributed by atoms with Crippen molar-refractivity contribution < 1.29 is 67.0 Å². The standard InChI is InChI=1S/C20H33NO3Si.C16H31NO4Si.C10H16N4O3.C7H12O3.C6H13NO/c1-20(2,3)25(4,5)24-18-13-11-17(12-14-18)21-19(22)23-15-16-9-7-6-8-10-16;1-16(2,3)22(4,5)21-13-8-6-12(7-9-13)17-10-14(11-18)20-15(17)19;11-13-12-5-9-6-14(10(16)17-9)7-1-3-8(15)4-2-7;1-2-3-7(8)10-5-6-4-9-6;7-5-1-3-6(8)4-2-5/h6-10,17-18H,11-15H2,1-5H3,(H,21,22);12-14,18H,6-11H2,1-5H3;7-9,15H,1-6H2;6H,2-5H2,1H3;5-6,8H,1-4,7H2/t;12?,13?,14-;7?,8?,9-;6-;/m.101./s1. The van der Waals surface area contributed by atoms with Gasteiger partial charge in [-0.05, 0) is 157 Å². The lowest BCUT2D eigenvalue weighted by molar-refractivity contribution is -0.144. The van der Waals surface area contributed by atoms with Crippen molar-refractivity contribution in [3.8, 4) is 0 Å². The number of amides is 3. The molecule has 0 unspecified atom stereocenters. The molecular formula is C59H105N7O14Si2. The van der Waals surface area contributed by atoms with Crippen molar-refractivity contribution in [2.24, 2.45) is 10.8 Å². The Morgan fingerprint density at radius 3 is 1.62 bits per heavy atom. The van der Waals surface area contributed by atoms with Crippen molar-refractivity contribution in [3.63, 3.8) is 0 Å². The number of carbonyl (C=O) groups is 4. The van der Waals surface area contributed by atoms with E-state index in [1.807, 2.05) is 37.3 Å². The lowest BCUT2D eigenvalue weighted by atomic mass is 9.92. The van der Waals surface area contributed by atoms with Crippen LogP contribution in [0.2, 0.25) is 36.3 Å². The molecule has 23 heteroatoms. The molecule has 6 N–H and O–H groups in total. The van der Waals surface area contributed by atoms with E-state index < -0.39 is 16.6 Å². The Kier molecular flexibility index (Phi) is 29.4. The molecule has 0 radical (unpaired) electrons. The van der Waals surface area contributed by atoms with Crippen LogP contribution in [0.3, 0.4) is 0 Å².